The zero-order valence-electron chi connectivity index (χ0n) is 16.4. The lowest BCUT2D eigenvalue weighted by Gasteiger charge is -2.35. The van der Waals surface area contributed by atoms with E-state index in [0.29, 0.717) is 0 Å². The Morgan fingerprint density at radius 1 is 1.00 bits per heavy atom. The molecule has 3 heteroatoms. The number of aromatic nitrogens is 1. The summed E-state index contributed by atoms with van der Waals surface area (Å²) in [4.78, 5) is 5.76. The minimum atomic E-state index is 0.130. The van der Waals surface area contributed by atoms with Crippen LogP contribution in [0.3, 0.4) is 0 Å². The smallest absolute Gasteiger partial charge is 0.128 e. The molecule has 0 atom stereocenters. The standard InChI is InChI=1S/C23H30N2O/c1-18-9-11-19(12-10-18)17-25(23(2,3)4)15-6-16-26-22-8-5-7-21-20(22)13-14-24-21/h5,7-14,24H,6,15-17H2,1-4H3. The van der Waals surface area contributed by atoms with Crippen LogP contribution in [0.25, 0.3) is 10.9 Å². The molecule has 138 valence electrons. The fraction of sp³-hybridized carbons (Fsp3) is 0.391. The summed E-state index contributed by atoms with van der Waals surface area (Å²) < 4.78 is 6.06. The molecule has 0 radical (unpaired) electrons. The van der Waals surface area contributed by atoms with Gasteiger partial charge in [-0.05, 0) is 57.9 Å². The summed E-state index contributed by atoms with van der Waals surface area (Å²) in [7, 11) is 0. The number of aryl methyl sites for hydroxylation is 1. The van der Waals surface area contributed by atoms with Crippen LogP contribution < -0.4 is 4.74 Å². The van der Waals surface area contributed by atoms with Crippen molar-refractivity contribution in [1.29, 1.82) is 0 Å². The molecule has 0 saturated carbocycles. The molecule has 3 rings (SSSR count). The van der Waals surface area contributed by atoms with Gasteiger partial charge in [0.2, 0.25) is 0 Å². The lowest BCUT2D eigenvalue weighted by molar-refractivity contribution is 0.118. The summed E-state index contributed by atoms with van der Waals surface area (Å²) in [6.45, 7) is 11.7. The maximum Gasteiger partial charge on any atom is 0.128 e. The Labute approximate surface area is 157 Å². The first-order valence-corrected chi connectivity index (χ1v) is 9.43. The second-order valence-corrected chi connectivity index (χ2v) is 7.98. The van der Waals surface area contributed by atoms with Gasteiger partial charge in [-0.2, -0.15) is 0 Å². The molecule has 0 spiro atoms. The van der Waals surface area contributed by atoms with Gasteiger partial charge in [0.25, 0.3) is 0 Å². The fourth-order valence-corrected chi connectivity index (χ4v) is 3.19. The summed E-state index contributed by atoms with van der Waals surface area (Å²) in [6.07, 6.45) is 2.96. The number of hydrogen-bond donors (Lipinski definition) is 1. The summed E-state index contributed by atoms with van der Waals surface area (Å²) >= 11 is 0. The summed E-state index contributed by atoms with van der Waals surface area (Å²) in [5, 5.41) is 1.15. The maximum absolute atomic E-state index is 6.06. The van der Waals surface area contributed by atoms with Crippen LogP contribution in [0.1, 0.15) is 38.3 Å². The normalized spacial score (nSPS) is 12.0. The van der Waals surface area contributed by atoms with E-state index in [1.807, 2.05) is 18.3 Å². The molecule has 0 aliphatic carbocycles. The van der Waals surface area contributed by atoms with Gasteiger partial charge in [0.05, 0.1) is 6.61 Å². The van der Waals surface area contributed by atoms with Crippen molar-refractivity contribution in [2.45, 2.75) is 46.2 Å². The monoisotopic (exact) mass is 350 g/mol. The maximum atomic E-state index is 6.06. The first-order chi connectivity index (χ1) is 12.4. The van der Waals surface area contributed by atoms with Gasteiger partial charge in [-0.1, -0.05) is 35.9 Å². The summed E-state index contributed by atoms with van der Waals surface area (Å²) in [5.41, 5.74) is 3.93. The van der Waals surface area contributed by atoms with Crippen molar-refractivity contribution in [2.24, 2.45) is 0 Å². The van der Waals surface area contributed by atoms with Crippen molar-refractivity contribution in [3.63, 3.8) is 0 Å². The van der Waals surface area contributed by atoms with Gasteiger partial charge in [0, 0.05) is 35.7 Å². The van der Waals surface area contributed by atoms with Crippen molar-refractivity contribution in [1.82, 2.24) is 9.88 Å². The molecule has 0 saturated heterocycles. The van der Waals surface area contributed by atoms with E-state index in [1.54, 1.807) is 0 Å². The molecule has 0 aliphatic rings. The van der Waals surface area contributed by atoms with Gasteiger partial charge in [0.15, 0.2) is 0 Å². The van der Waals surface area contributed by atoms with Crippen LogP contribution in [-0.4, -0.2) is 28.6 Å². The van der Waals surface area contributed by atoms with Crippen LogP contribution in [0, 0.1) is 6.92 Å². The van der Waals surface area contributed by atoms with Gasteiger partial charge in [0.1, 0.15) is 5.75 Å². The van der Waals surface area contributed by atoms with Crippen LogP contribution in [0.5, 0.6) is 5.75 Å². The Morgan fingerprint density at radius 2 is 1.77 bits per heavy atom. The van der Waals surface area contributed by atoms with E-state index in [2.05, 4.69) is 74.0 Å². The van der Waals surface area contributed by atoms with Gasteiger partial charge in [-0.3, -0.25) is 4.90 Å². The third-order valence-corrected chi connectivity index (χ3v) is 4.83. The van der Waals surface area contributed by atoms with Crippen molar-refractivity contribution in [3.8, 4) is 5.75 Å². The molecule has 0 aliphatic heterocycles. The predicted octanol–water partition coefficient (Wildman–Crippen LogP) is 5.55. The second kappa shape index (κ2) is 7.96. The van der Waals surface area contributed by atoms with Crippen molar-refractivity contribution < 1.29 is 4.74 Å². The molecule has 0 fully saturated rings. The van der Waals surface area contributed by atoms with E-state index in [1.165, 1.54) is 11.1 Å². The number of fused-ring (bicyclic) bond motifs is 1. The Morgan fingerprint density at radius 3 is 2.50 bits per heavy atom. The molecular formula is C23H30N2O. The molecule has 1 N–H and O–H groups in total. The summed E-state index contributed by atoms with van der Waals surface area (Å²) in [6, 6.07) is 17.1. The average molecular weight is 351 g/mol. The third kappa shape index (κ3) is 4.67. The van der Waals surface area contributed by atoms with Gasteiger partial charge < -0.3 is 9.72 Å². The molecule has 26 heavy (non-hydrogen) atoms. The van der Waals surface area contributed by atoms with E-state index >= 15 is 0 Å². The number of benzene rings is 2. The lowest BCUT2D eigenvalue weighted by Crippen LogP contribution is -2.41. The van der Waals surface area contributed by atoms with E-state index in [9.17, 15) is 0 Å². The zero-order valence-corrected chi connectivity index (χ0v) is 16.4. The van der Waals surface area contributed by atoms with E-state index < -0.39 is 0 Å². The predicted molar refractivity (Wildman–Crippen MR) is 110 cm³/mol. The first-order valence-electron chi connectivity index (χ1n) is 9.43. The molecule has 3 aromatic rings. The molecule has 2 aromatic carbocycles. The highest BCUT2D eigenvalue weighted by atomic mass is 16.5. The van der Waals surface area contributed by atoms with E-state index in [4.69, 9.17) is 4.74 Å². The Hall–Kier alpha value is -2.26. The first kappa shape index (κ1) is 18.5. The summed E-state index contributed by atoms with van der Waals surface area (Å²) in [5.74, 6) is 0.963. The zero-order chi connectivity index (χ0) is 18.6. The van der Waals surface area contributed by atoms with Crippen molar-refractivity contribution >= 4 is 10.9 Å². The van der Waals surface area contributed by atoms with Gasteiger partial charge in [-0.15, -0.1) is 0 Å². The average Bonchev–Trinajstić information content (AvgIpc) is 3.08. The Balaban J connectivity index is 1.56. The number of rotatable bonds is 7. The largest absolute Gasteiger partial charge is 0.493 e. The topological polar surface area (TPSA) is 28.3 Å². The van der Waals surface area contributed by atoms with Crippen LogP contribution in [0.2, 0.25) is 0 Å². The molecule has 0 amide bonds. The van der Waals surface area contributed by atoms with Crippen LogP contribution in [0.15, 0.2) is 54.7 Å². The number of H-pyrrole nitrogens is 1. The van der Waals surface area contributed by atoms with Crippen LogP contribution >= 0.6 is 0 Å². The SMILES string of the molecule is Cc1ccc(CN(CCCOc2cccc3[nH]ccc23)C(C)(C)C)cc1. The lowest BCUT2D eigenvalue weighted by atomic mass is 10.0. The number of nitrogens with zero attached hydrogens (tertiary/aromatic N) is 1. The number of hydrogen-bond acceptors (Lipinski definition) is 2. The van der Waals surface area contributed by atoms with Crippen molar-refractivity contribution in [2.75, 3.05) is 13.2 Å². The minimum Gasteiger partial charge on any atom is -0.493 e. The van der Waals surface area contributed by atoms with E-state index in [-0.39, 0.29) is 5.54 Å². The molecule has 3 nitrogen and oxygen atoms in total. The van der Waals surface area contributed by atoms with Gasteiger partial charge >= 0.3 is 0 Å². The van der Waals surface area contributed by atoms with Crippen molar-refractivity contribution in [3.05, 3.63) is 65.9 Å². The Kier molecular flexibility index (Phi) is 5.67. The number of aromatic amines is 1. The number of nitrogens with one attached hydrogen (secondary N) is 1. The molecule has 1 heterocycles. The minimum absolute atomic E-state index is 0.130. The highest BCUT2D eigenvalue weighted by Crippen LogP contribution is 2.25. The van der Waals surface area contributed by atoms with E-state index in [0.717, 1.165) is 42.8 Å². The molecule has 0 bridgehead atoms. The molecule has 0 unspecified atom stereocenters. The van der Waals surface area contributed by atoms with Gasteiger partial charge in [-0.25, -0.2) is 0 Å². The second-order valence-electron chi connectivity index (χ2n) is 7.98. The molecule has 1 aromatic heterocycles. The van der Waals surface area contributed by atoms with Crippen LogP contribution in [0.4, 0.5) is 0 Å². The fourth-order valence-electron chi connectivity index (χ4n) is 3.19. The Bertz CT molecular complexity index is 827. The van der Waals surface area contributed by atoms with Crippen LogP contribution in [-0.2, 0) is 6.54 Å². The highest BCUT2D eigenvalue weighted by molar-refractivity contribution is 5.85. The molecular weight excluding hydrogens is 320 g/mol. The number of ether oxygens (including phenoxy) is 1. The quantitative estimate of drug-likeness (QED) is 0.566. The highest BCUT2D eigenvalue weighted by Gasteiger charge is 2.21. The third-order valence-electron chi connectivity index (χ3n) is 4.83.